The quantitative estimate of drug-likeness (QED) is 0.881. The number of hydrogen-bond acceptors (Lipinski definition) is 4. The average molecular weight is 345 g/mol. The summed E-state index contributed by atoms with van der Waals surface area (Å²) in [4.78, 5) is 18.8. The van der Waals surface area contributed by atoms with Gasteiger partial charge in [-0.05, 0) is 38.0 Å². The zero-order valence-electron chi connectivity index (χ0n) is 14.3. The standard InChI is InChI=1S/C18H23N3O2S/c1-12-4-5-15(10-16(12)17-19-13(2)11-23-17)20-18(22)21-7-6-14(3)24-9-8-21/h4-5,10-11,14H,6-9H2,1-3H3,(H,20,22)/t14-/m0/s1. The van der Waals surface area contributed by atoms with Crippen LogP contribution in [0.2, 0.25) is 0 Å². The molecular formula is C18H23N3O2S. The van der Waals surface area contributed by atoms with E-state index in [9.17, 15) is 4.79 Å². The number of urea groups is 1. The van der Waals surface area contributed by atoms with Crippen LogP contribution >= 0.6 is 11.8 Å². The maximum atomic E-state index is 12.5. The molecule has 1 N–H and O–H groups in total. The summed E-state index contributed by atoms with van der Waals surface area (Å²) in [5, 5.41) is 3.62. The molecule has 0 aliphatic carbocycles. The molecule has 0 bridgehead atoms. The second kappa shape index (κ2) is 7.30. The Kier molecular flexibility index (Phi) is 5.14. The smallest absolute Gasteiger partial charge is 0.321 e. The fourth-order valence-corrected chi connectivity index (χ4v) is 3.71. The predicted octanol–water partition coefficient (Wildman–Crippen LogP) is 4.32. The van der Waals surface area contributed by atoms with Gasteiger partial charge in [0.15, 0.2) is 0 Å². The summed E-state index contributed by atoms with van der Waals surface area (Å²) in [6.45, 7) is 7.72. The molecule has 1 aromatic carbocycles. The number of thioether (sulfide) groups is 1. The van der Waals surface area contributed by atoms with Crippen molar-refractivity contribution in [1.29, 1.82) is 0 Å². The van der Waals surface area contributed by atoms with Crippen molar-refractivity contribution < 1.29 is 9.21 Å². The number of oxazole rings is 1. The molecule has 0 unspecified atom stereocenters. The van der Waals surface area contributed by atoms with Crippen molar-refractivity contribution in [3.05, 3.63) is 35.7 Å². The first-order chi connectivity index (χ1) is 11.5. The van der Waals surface area contributed by atoms with Gasteiger partial charge in [-0.15, -0.1) is 0 Å². The number of aromatic nitrogens is 1. The summed E-state index contributed by atoms with van der Waals surface area (Å²) in [6.07, 6.45) is 2.67. The number of nitrogens with one attached hydrogen (secondary N) is 1. The van der Waals surface area contributed by atoms with Crippen LogP contribution in [0.25, 0.3) is 11.5 Å². The lowest BCUT2D eigenvalue weighted by Gasteiger charge is -2.21. The van der Waals surface area contributed by atoms with Crippen molar-refractivity contribution >= 4 is 23.5 Å². The first-order valence-corrected chi connectivity index (χ1v) is 9.28. The summed E-state index contributed by atoms with van der Waals surface area (Å²) in [5.74, 6) is 1.57. The van der Waals surface area contributed by atoms with E-state index in [1.165, 1.54) is 0 Å². The second-order valence-corrected chi connectivity index (χ2v) is 7.76. The van der Waals surface area contributed by atoms with Crippen molar-refractivity contribution in [2.45, 2.75) is 32.4 Å². The van der Waals surface area contributed by atoms with E-state index in [0.717, 1.165) is 47.8 Å². The molecule has 24 heavy (non-hydrogen) atoms. The Labute approximate surface area is 146 Å². The van der Waals surface area contributed by atoms with Gasteiger partial charge in [0.05, 0.1) is 5.69 Å². The normalized spacial score (nSPS) is 18.3. The molecule has 2 aromatic rings. The lowest BCUT2D eigenvalue weighted by molar-refractivity contribution is 0.215. The van der Waals surface area contributed by atoms with E-state index < -0.39 is 0 Å². The van der Waals surface area contributed by atoms with Gasteiger partial charge in [-0.25, -0.2) is 9.78 Å². The SMILES string of the molecule is Cc1coc(-c2cc(NC(=O)N3CCS[C@@H](C)CC3)ccc2C)n1. The van der Waals surface area contributed by atoms with Crippen LogP contribution in [0, 0.1) is 13.8 Å². The van der Waals surface area contributed by atoms with Gasteiger partial charge >= 0.3 is 6.03 Å². The molecule has 6 heteroatoms. The molecule has 1 aliphatic heterocycles. The molecule has 0 saturated carbocycles. The van der Waals surface area contributed by atoms with Gasteiger partial charge in [0, 0.05) is 35.3 Å². The van der Waals surface area contributed by atoms with E-state index in [-0.39, 0.29) is 6.03 Å². The van der Waals surface area contributed by atoms with Crippen LogP contribution in [0.15, 0.2) is 28.9 Å². The highest BCUT2D eigenvalue weighted by Crippen LogP contribution is 2.26. The maximum absolute atomic E-state index is 12.5. The Morgan fingerprint density at radius 2 is 2.21 bits per heavy atom. The highest BCUT2D eigenvalue weighted by atomic mass is 32.2. The van der Waals surface area contributed by atoms with Crippen LogP contribution in [-0.2, 0) is 0 Å². The molecule has 5 nitrogen and oxygen atoms in total. The van der Waals surface area contributed by atoms with Gasteiger partial charge in [-0.2, -0.15) is 11.8 Å². The third-order valence-corrected chi connectivity index (χ3v) is 5.42. The Hall–Kier alpha value is -1.95. The van der Waals surface area contributed by atoms with Crippen molar-refractivity contribution in [1.82, 2.24) is 9.88 Å². The van der Waals surface area contributed by atoms with E-state index >= 15 is 0 Å². The Morgan fingerprint density at radius 1 is 1.38 bits per heavy atom. The van der Waals surface area contributed by atoms with E-state index in [4.69, 9.17) is 4.42 Å². The average Bonchev–Trinajstić information content (AvgIpc) is 2.86. The van der Waals surface area contributed by atoms with E-state index in [1.807, 2.05) is 48.7 Å². The number of carbonyl (C=O) groups is 1. The van der Waals surface area contributed by atoms with Crippen LogP contribution in [0.3, 0.4) is 0 Å². The van der Waals surface area contributed by atoms with Crippen molar-refractivity contribution in [2.24, 2.45) is 0 Å². The highest BCUT2D eigenvalue weighted by molar-refractivity contribution is 7.99. The van der Waals surface area contributed by atoms with E-state index in [1.54, 1.807) is 6.26 Å². The molecule has 1 aromatic heterocycles. The van der Waals surface area contributed by atoms with Gasteiger partial charge in [-0.3, -0.25) is 0 Å². The van der Waals surface area contributed by atoms with Crippen molar-refractivity contribution in [3.63, 3.8) is 0 Å². The topological polar surface area (TPSA) is 58.4 Å². The van der Waals surface area contributed by atoms with Crippen LogP contribution in [0.5, 0.6) is 0 Å². The third-order valence-electron chi connectivity index (χ3n) is 4.19. The molecule has 0 spiro atoms. The number of carbonyl (C=O) groups excluding carboxylic acids is 1. The number of hydrogen-bond donors (Lipinski definition) is 1. The predicted molar refractivity (Wildman–Crippen MR) is 98.5 cm³/mol. The highest BCUT2D eigenvalue weighted by Gasteiger charge is 2.19. The van der Waals surface area contributed by atoms with Crippen LogP contribution in [0.4, 0.5) is 10.5 Å². The third kappa shape index (κ3) is 3.93. The first-order valence-electron chi connectivity index (χ1n) is 8.23. The van der Waals surface area contributed by atoms with E-state index in [2.05, 4.69) is 17.2 Å². The molecule has 1 aliphatic rings. The largest absolute Gasteiger partial charge is 0.444 e. The molecule has 128 valence electrons. The summed E-state index contributed by atoms with van der Waals surface area (Å²) in [7, 11) is 0. The number of benzene rings is 1. The molecule has 1 fully saturated rings. The van der Waals surface area contributed by atoms with Gasteiger partial charge < -0.3 is 14.6 Å². The summed E-state index contributed by atoms with van der Waals surface area (Å²) < 4.78 is 5.50. The van der Waals surface area contributed by atoms with Gasteiger partial charge in [0.25, 0.3) is 0 Å². The number of nitrogens with zero attached hydrogens (tertiary/aromatic N) is 2. The lowest BCUT2D eigenvalue weighted by Crippen LogP contribution is -2.36. The van der Waals surface area contributed by atoms with E-state index in [0.29, 0.717) is 11.1 Å². The summed E-state index contributed by atoms with van der Waals surface area (Å²) in [6, 6.07) is 5.78. The molecule has 1 atom stereocenters. The monoisotopic (exact) mass is 345 g/mol. The number of amides is 2. The number of aryl methyl sites for hydroxylation is 2. The number of rotatable bonds is 2. The number of anilines is 1. The molecule has 3 rings (SSSR count). The molecule has 0 radical (unpaired) electrons. The lowest BCUT2D eigenvalue weighted by atomic mass is 10.1. The minimum absolute atomic E-state index is 0.0388. The van der Waals surface area contributed by atoms with Crippen LogP contribution in [-0.4, -0.2) is 40.0 Å². The maximum Gasteiger partial charge on any atom is 0.321 e. The zero-order valence-corrected chi connectivity index (χ0v) is 15.2. The Balaban J connectivity index is 1.74. The molecule has 1 saturated heterocycles. The van der Waals surface area contributed by atoms with Gasteiger partial charge in [0.1, 0.15) is 6.26 Å². The summed E-state index contributed by atoms with van der Waals surface area (Å²) in [5.41, 5.74) is 3.58. The minimum atomic E-state index is -0.0388. The van der Waals surface area contributed by atoms with Crippen LogP contribution in [0.1, 0.15) is 24.6 Å². The minimum Gasteiger partial charge on any atom is -0.444 e. The van der Waals surface area contributed by atoms with Gasteiger partial charge in [0.2, 0.25) is 5.89 Å². The van der Waals surface area contributed by atoms with Crippen LogP contribution < -0.4 is 5.32 Å². The molecule has 2 amide bonds. The Morgan fingerprint density at radius 3 is 2.96 bits per heavy atom. The molecule has 2 heterocycles. The van der Waals surface area contributed by atoms with Crippen molar-refractivity contribution in [3.8, 4) is 11.5 Å². The molecular weight excluding hydrogens is 322 g/mol. The fourth-order valence-electron chi connectivity index (χ4n) is 2.71. The zero-order chi connectivity index (χ0) is 17.1. The Bertz CT molecular complexity index is 729. The fraction of sp³-hybridized carbons (Fsp3) is 0.444. The first kappa shape index (κ1) is 16.9. The summed E-state index contributed by atoms with van der Waals surface area (Å²) >= 11 is 1.93. The van der Waals surface area contributed by atoms with Crippen molar-refractivity contribution in [2.75, 3.05) is 24.2 Å². The van der Waals surface area contributed by atoms with Gasteiger partial charge in [-0.1, -0.05) is 13.0 Å². The second-order valence-electron chi connectivity index (χ2n) is 6.21.